The van der Waals surface area contributed by atoms with Crippen LogP contribution in [-0.4, -0.2) is 50.8 Å². The Hall–Kier alpha value is -4.57. The Kier molecular flexibility index (Phi) is 9.46. The van der Waals surface area contributed by atoms with Crippen molar-refractivity contribution in [2.24, 2.45) is 0 Å². The summed E-state index contributed by atoms with van der Waals surface area (Å²) in [7, 11) is 4.30. The van der Waals surface area contributed by atoms with Crippen molar-refractivity contribution in [2.75, 3.05) is 27.9 Å². The second-order valence-corrected chi connectivity index (χ2v) is 9.03. The second-order valence-electron chi connectivity index (χ2n) is 9.03. The number of halogens is 2. The van der Waals surface area contributed by atoms with Crippen LogP contribution in [0.3, 0.4) is 0 Å². The van der Waals surface area contributed by atoms with Crippen LogP contribution in [0.2, 0.25) is 0 Å². The molecule has 3 aromatic carbocycles. The summed E-state index contributed by atoms with van der Waals surface area (Å²) in [4.78, 5) is 30.0. The van der Waals surface area contributed by atoms with Crippen molar-refractivity contribution in [1.29, 1.82) is 0 Å². The van der Waals surface area contributed by atoms with Gasteiger partial charge >= 0.3 is 5.97 Å². The quantitative estimate of drug-likeness (QED) is 0.249. The lowest BCUT2D eigenvalue weighted by atomic mass is 9.93. The Bertz CT molecular complexity index is 1530. The van der Waals surface area contributed by atoms with Gasteiger partial charge in [-0.1, -0.05) is 24.3 Å². The third-order valence-electron chi connectivity index (χ3n) is 6.57. The number of nitrogens with zero attached hydrogens (tertiary/aromatic N) is 1. The Balaban J connectivity index is 1.76. The minimum Gasteiger partial charge on any atom is -0.496 e. The summed E-state index contributed by atoms with van der Waals surface area (Å²) < 4.78 is 50.4. The molecular formula is C31H30F2N2O6. The number of ether oxygens (including phenoxy) is 4. The number of methoxy groups -OCH3 is 3. The van der Waals surface area contributed by atoms with Crippen LogP contribution < -0.4 is 14.8 Å². The maximum Gasteiger partial charge on any atom is 0.328 e. The molecule has 0 radical (unpaired) electrons. The Morgan fingerprint density at radius 2 is 1.63 bits per heavy atom. The molecule has 1 atom stereocenters. The molecule has 1 amide bonds. The number of pyridine rings is 1. The molecule has 0 bridgehead atoms. The van der Waals surface area contributed by atoms with Crippen molar-refractivity contribution in [2.45, 2.75) is 26.0 Å². The fraction of sp³-hybridized carbons (Fsp3) is 0.258. The molecule has 1 aromatic heterocycles. The van der Waals surface area contributed by atoms with Crippen LogP contribution in [0.5, 0.6) is 11.5 Å². The van der Waals surface area contributed by atoms with Crippen molar-refractivity contribution in [3.05, 3.63) is 89.1 Å². The van der Waals surface area contributed by atoms with E-state index >= 15 is 0 Å². The van der Waals surface area contributed by atoms with Crippen LogP contribution >= 0.6 is 0 Å². The van der Waals surface area contributed by atoms with Gasteiger partial charge in [0, 0.05) is 24.6 Å². The van der Waals surface area contributed by atoms with E-state index in [1.165, 1.54) is 7.11 Å². The van der Waals surface area contributed by atoms with E-state index in [9.17, 15) is 18.4 Å². The monoisotopic (exact) mass is 564 g/mol. The van der Waals surface area contributed by atoms with E-state index in [0.29, 0.717) is 41.4 Å². The van der Waals surface area contributed by atoms with Gasteiger partial charge in [0.25, 0.3) is 5.91 Å². The Labute approximate surface area is 236 Å². The molecule has 8 nitrogen and oxygen atoms in total. The molecule has 1 N–H and O–H groups in total. The van der Waals surface area contributed by atoms with E-state index in [4.69, 9.17) is 18.9 Å². The number of rotatable bonds is 11. The molecule has 1 heterocycles. The Morgan fingerprint density at radius 1 is 0.951 bits per heavy atom. The minimum absolute atomic E-state index is 0.0517. The topological polar surface area (TPSA) is 96.0 Å². The molecule has 0 unspecified atom stereocenters. The van der Waals surface area contributed by atoms with Crippen LogP contribution in [0.4, 0.5) is 8.78 Å². The van der Waals surface area contributed by atoms with E-state index in [-0.39, 0.29) is 6.42 Å². The van der Waals surface area contributed by atoms with Crippen LogP contribution in [-0.2, 0) is 27.3 Å². The van der Waals surface area contributed by atoms with Gasteiger partial charge in [0.1, 0.15) is 34.7 Å². The number of fused-ring (bicyclic) bond motifs is 1. The van der Waals surface area contributed by atoms with Crippen LogP contribution in [0.1, 0.15) is 28.4 Å². The lowest BCUT2D eigenvalue weighted by Crippen LogP contribution is -2.43. The molecule has 0 spiro atoms. The summed E-state index contributed by atoms with van der Waals surface area (Å²) in [5, 5.41) is 3.14. The molecule has 0 aliphatic heterocycles. The average Bonchev–Trinajstić information content (AvgIpc) is 2.98. The molecule has 4 rings (SSSR count). The van der Waals surface area contributed by atoms with Crippen LogP contribution in [0.25, 0.3) is 22.0 Å². The zero-order chi connectivity index (χ0) is 29.5. The number of hydrogen-bond acceptors (Lipinski definition) is 7. The molecule has 41 heavy (non-hydrogen) atoms. The third kappa shape index (κ3) is 6.28. The molecule has 214 valence electrons. The van der Waals surface area contributed by atoms with Crippen molar-refractivity contribution in [1.82, 2.24) is 10.3 Å². The predicted octanol–water partition coefficient (Wildman–Crippen LogP) is 5.25. The summed E-state index contributed by atoms with van der Waals surface area (Å²) in [5.41, 5.74) is 2.71. The number of esters is 1. The van der Waals surface area contributed by atoms with Gasteiger partial charge in [-0.3, -0.25) is 9.78 Å². The molecule has 0 aliphatic carbocycles. The normalized spacial score (nSPS) is 11.7. The molecular weight excluding hydrogens is 534 g/mol. The zero-order valence-corrected chi connectivity index (χ0v) is 23.1. The van der Waals surface area contributed by atoms with Gasteiger partial charge in [0.2, 0.25) is 0 Å². The van der Waals surface area contributed by atoms with Gasteiger partial charge in [0.05, 0.1) is 39.0 Å². The second kappa shape index (κ2) is 13.2. The van der Waals surface area contributed by atoms with Gasteiger partial charge < -0.3 is 24.3 Å². The number of nitrogens with one attached hydrogen (secondary N) is 1. The molecule has 0 fully saturated rings. The van der Waals surface area contributed by atoms with Crippen molar-refractivity contribution < 1.29 is 37.3 Å². The lowest BCUT2D eigenvalue weighted by Gasteiger charge is -2.20. The number of aromatic nitrogens is 1. The van der Waals surface area contributed by atoms with Crippen molar-refractivity contribution >= 4 is 22.8 Å². The standard InChI is InChI=1S/C31H30F2N2O6/c1-5-41-17-18-14-25(38-2)27(26(15-18)39-3)20-12-11-19(29-21(20)8-7-13-34-29)16-24(31(37)40-4)35-30(36)28-22(32)9-6-10-23(28)33/h6-15,24H,5,16-17H2,1-4H3,(H,35,36)/t24-/m0/s1. The molecule has 4 aromatic rings. The van der Waals surface area contributed by atoms with Gasteiger partial charge in [-0.15, -0.1) is 0 Å². The van der Waals surface area contributed by atoms with Gasteiger partial charge in [-0.05, 0) is 53.9 Å². The first-order valence-corrected chi connectivity index (χ1v) is 12.8. The number of benzene rings is 3. The van der Waals surface area contributed by atoms with Gasteiger partial charge in [-0.2, -0.15) is 0 Å². The van der Waals surface area contributed by atoms with E-state index < -0.39 is 35.1 Å². The highest BCUT2D eigenvalue weighted by atomic mass is 19.1. The van der Waals surface area contributed by atoms with Gasteiger partial charge in [0.15, 0.2) is 0 Å². The number of amides is 1. The number of carbonyl (C=O) groups excluding carboxylic acids is 2. The molecule has 0 saturated carbocycles. The predicted molar refractivity (Wildman–Crippen MR) is 149 cm³/mol. The maximum absolute atomic E-state index is 14.2. The van der Waals surface area contributed by atoms with E-state index in [2.05, 4.69) is 10.3 Å². The summed E-state index contributed by atoms with van der Waals surface area (Å²) in [6, 6.07) is 12.9. The molecule has 0 saturated heterocycles. The minimum atomic E-state index is -1.25. The first-order valence-electron chi connectivity index (χ1n) is 12.8. The smallest absolute Gasteiger partial charge is 0.328 e. The van der Waals surface area contributed by atoms with Crippen molar-refractivity contribution in [3.8, 4) is 22.6 Å². The Morgan fingerprint density at radius 3 is 2.24 bits per heavy atom. The van der Waals surface area contributed by atoms with E-state index in [0.717, 1.165) is 34.7 Å². The van der Waals surface area contributed by atoms with E-state index in [1.54, 1.807) is 32.5 Å². The average molecular weight is 565 g/mol. The third-order valence-corrected chi connectivity index (χ3v) is 6.57. The highest BCUT2D eigenvalue weighted by Gasteiger charge is 2.27. The fourth-order valence-electron chi connectivity index (χ4n) is 4.65. The number of hydrogen-bond donors (Lipinski definition) is 1. The lowest BCUT2D eigenvalue weighted by molar-refractivity contribution is -0.142. The van der Waals surface area contributed by atoms with Gasteiger partial charge in [-0.25, -0.2) is 13.6 Å². The van der Waals surface area contributed by atoms with Crippen LogP contribution in [0, 0.1) is 11.6 Å². The molecule has 10 heteroatoms. The highest BCUT2D eigenvalue weighted by Crippen LogP contribution is 2.43. The summed E-state index contributed by atoms with van der Waals surface area (Å²) in [6.07, 6.45) is 1.56. The number of carbonyl (C=O) groups is 2. The first-order chi connectivity index (χ1) is 19.8. The highest BCUT2D eigenvalue weighted by molar-refractivity contribution is 6.00. The summed E-state index contributed by atoms with van der Waals surface area (Å²) in [6.45, 7) is 2.87. The summed E-state index contributed by atoms with van der Waals surface area (Å²) >= 11 is 0. The largest absolute Gasteiger partial charge is 0.496 e. The van der Waals surface area contributed by atoms with E-state index in [1.807, 2.05) is 31.2 Å². The SMILES string of the molecule is CCOCc1cc(OC)c(-c2ccc(C[C@H](NC(=O)c3c(F)cccc3F)C(=O)OC)c3ncccc23)c(OC)c1. The van der Waals surface area contributed by atoms with Crippen molar-refractivity contribution in [3.63, 3.8) is 0 Å². The molecule has 0 aliphatic rings. The zero-order valence-electron chi connectivity index (χ0n) is 23.1. The van der Waals surface area contributed by atoms with Crippen LogP contribution in [0.15, 0.2) is 60.8 Å². The summed E-state index contributed by atoms with van der Waals surface area (Å²) in [5.74, 6) is -2.80. The maximum atomic E-state index is 14.2. The fourth-order valence-corrected chi connectivity index (χ4v) is 4.65. The first kappa shape index (κ1) is 29.4.